The highest BCUT2D eigenvalue weighted by molar-refractivity contribution is 5.95. The summed E-state index contributed by atoms with van der Waals surface area (Å²) in [6, 6.07) is 0. The molecule has 2 rings (SSSR count). The van der Waals surface area contributed by atoms with E-state index in [0.717, 1.165) is 25.2 Å². The van der Waals surface area contributed by atoms with Crippen LogP contribution in [0.4, 0.5) is 0 Å². The molecule has 0 spiro atoms. The molecule has 1 amide bonds. The van der Waals surface area contributed by atoms with Crippen LogP contribution < -0.4 is 5.73 Å². The number of nitrogens with zero attached hydrogens (tertiary/aromatic N) is 3. The van der Waals surface area contributed by atoms with Gasteiger partial charge in [0.15, 0.2) is 0 Å². The third-order valence-corrected chi connectivity index (χ3v) is 3.78. The molecule has 0 aliphatic carbocycles. The smallest absolute Gasteiger partial charge is 0.257 e. The summed E-state index contributed by atoms with van der Waals surface area (Å²) in [6.45, 7) is 10.5. The lowest BCUT2D eigenvalue weighted by atomic mass is 10.1. The first-order valence-corrected chi connectivity index (χ1v) is 6.89. The van der Waals surface area contributed by atoms with Gasteiger partial charge in [-0.25, -0.2) is 0 Å². The summed E-state index contributed by atoms with van der Waals surface area (Å²) in [4.78, 5) is 14.4. The molecule has 0 bridgehead atoms. The van der Waals surface area contributed by atoms with E-state index in [1.807, 2.05) is 16.5 Å². The fraction of sp³-hybridized carbons (Fsp3) is 0.714. The Bertz CT molecular complexity index is 472. The number of carbonyl (C=O) groups excluding carboxylic acids is 1. The zero-order valence-corrected chi connectivity index (χ0v) is 12.3. The Balaban J connectivity index is 2.19. The third-order valence-electron chi connectivity index (χ3n) is 3.78. The van der Waals surface area contributed by atoms with E-state index in [4.69, 9.17) is 5.73 Å². The summed E-state index contributed by atoms with van der Waals surface area (Å²) >= 11 is 0. The first-order valence-electron chi connectivity index (χ1n) is 6.89. The molecule has 0 unspecified atom stereocenters. The van der Waals surface area contributed by atoms with Gasteiger partial charge in [0.25, 0.3) is 5.91 Å². The zero-order chi connectivity index (χ0) is 14.2. The van der Waals surface area contributed by atoms with Crippen molar-refractivity contribution in [3.05, 3.63) is 17.5 Å². The summed E-state index contributed by atoms with van der Waals surface area (Å²) in [5.74, 6) is 0.533. The summed E-state index contributed by atoms with van der Waals surface area (Å²) in [6.07, 6.45) is 2.70. The van der Waals surface area contributed by atoms with Crippen LogP contribution in [0.1, 0.15) is 43.2 Å². The van der Waals surface area contributed by atoms with E-state index in [1.165, 1.54) is 0 Å². The van der Waals surface area contributed by atoms with Crippen LogP contribution >= 0.6 is 0 Å². The summed E-state index contributed by atoms with van der Waals surface area (Å²) in [5, 5.41) is 4.36. The first-order chi connectivity index (χ1) is 8.84. The Labute approximate surface area is 114 Å². The van der Waals surface area contributed by atoms with Gasteiger partial charge in [-0.3, -0.25) is 9.48 Å². The molecule has 2 heterocycles. The van der Waals surface area contributed by atoms with Crippen LogP contribution in [-0.2, 0) is 5.54 Å². The van der Waals surface area contributed by atoms with Gasteiger partial charge in [-0.15, -0.1) is 0 Å². The molecule has 1 atom stereocenters. The van der Waals surface area contributed by atoms with Gasteiger partial charge in [0.1, 0.15) is 0 Å². The van der Waals surface area contributed by atoms with Crippen LogP contribution in [0, 0.1) is 12.8 Å². The molecular weight excluding hydrogens is 240 g/mol. The lowest BCUT2D eigenvalue weighted by molar-refractivity contribution is 0.0786. The van der Waals surface area contributed by atoms with Crippen LogP contribution in [0.3, 0.4) is 0 Å². The molecule has 0 saturated carbocycles. The van der Waals surface area contributed by atoms with Crippen molar-refractivity contribution in [2.24, 2.45) is 11.7 Å². The van der Waals surface area contributed by atoms with Crippen molar-refractivity contribution in [3.8, 4) is 0 Å². The molecule has 1 aliphatic rings. The highest BCUT2D eigenvalue weighted by Crippen LogP contribution is 2.22. The quantitative estimate of drug-likeness (QED) is 0.877. The van der Waals surface area contributed by atoms with Crippen LogP contribution in [-0.4, -0.2) is 40.2 Å². The number of rotatable bonds is 2. The van der Waals surface area contributed by atoms with Crippen molar-refractivity contribution in [3.63, 3.8) is 0 Å². The van der Waals surface area contributed by atoms with Crippen molar-refractivity contribution in [1.29, 1.82) is 0 Å². The van der Waals surface area contributed by atoms with E-state index in [2.05, 4.69) is 25.9 Å². The summed E-state index contributed by atoms with van der Waals surface area (Å²) in [7, 11) is 0. The van der Waals surface area contributed by atoms with Gasteiger partial charge < -0.3 is 10.6 Å². The van der Waals surface area contributed by atoms with Gasteiger partial charge in [-0.1, -0.05) is 0 Å². The Hall–Kier alpha value is -1.36. The van der Waals surface area contributed by atoms with E-state index in [1.54, 1.807) is 6.20 Å². The second-order valence-corrected chi connectivity index (χ2v) is 6.37. The van der Waals surface area contributed by atoms with Crippen molar-refractivity contribution < 1.29 is 4.79 Å². The predicted octanol–water partition coefficient (Wildman–Crippen LogP) is 1.37. The van der Waals surface area contributed by atoms with Gasteiger partial charge in [-0.2, -0.15) is 5.10 Å². The Morgan fingerprint density at radius 3 is 2.68 bits per heavy atom. The molecule has 1 aromatic heterocycles. The molecule has 5 nitrogen and oxygen atoms in total. The topological polar surface area (TPSA) is 64.2 Å². The average Bonchev–Trinajstić information content (AvgIpc) is 2.93. The minimum absolute atomic E-state index is 0.0870. The first kappa shape index (κ1) is 14.1. The molecule has 0 radical (unpaired) electrons. The number of nitrogens with two attached hydrogens (primary N) is 1. The van der Waals surface area contributed by atoms with E-state index in [0.29, 0.717) is 18.0 Å². The number of hydrogen-bond donors (Lipinski definition) is 1. The van der Waals surface area contributed by atoms with E-state index in [9.17, 15) is 4.79 Å². The Morgan fingerprint density at radius 2 is 2.21 bits per heavy atom. The minimum Gasteiger partial charge on any atom is -0.338 e. The second kappa shape index (κ2) is 4.96. The Kier molecular flexibility index (Phi) is 3.67. The van der Waals surface area contributed by atoms with Gasteiger partial charge in [0.05, 0.1) is 17.3 Å². The van der Waals surface area contributed by atoms with Gasteiger partial charge in [-0.05, 0) is 46.6 Å². The van der Waals surface area contributed by atoms with Gasteiger partial charge >= 0.3 is 0 Å². The molecular formula is C14H24N4O. The maximum Gasteiger partial charge on any atom is 0.257 e. The van der Waals surface area contributed by atoms with Crippen LogP contribution in [0.25, 0.3) is 0 Å². The maximum absolute atomic E-state index is 12.5. The molecule has 1 fully saturated rings. The SMILES string of the molecule is Cc1c(C(=O)N2CC[C@@H](CN)C2)cnn1C(C)(C)C. The van der Waals surface area contributed by atoms with Crippen molar-refractivity contribution in [1.82, 2.24) is 14.7 Å². The van der Waals surface area contributed by atoms with E-state index in [-0.39, 0.29) is 11.4 Å². The Morgan fingerprint density at radius 1 is 1.53 bits per heavy atom. The number of carbonyl (C=O) groups is 1. The minimum atomic E-state index is -0.104. The van der Waals surface area contributed by atoms with Crippen molar-refractivity contribution in [2.75, 3.05) is 19.6 Å². The standard InChI is InChI=1S/C14H24N4O/c1-10-12(8-16-18(10)14(2,3)4)13(19)17-6-5-11(7-15)9-17/h8,11H,5-7,9,15H2,1-4H3/t11-/m0/s1. The lowest BCUT2D eigenvalue weighted by Crippen LogP contribution is -2.31. The molecule has 2 N–H and O–H groups in total. The zero-order valence-electron chi connectivity index (χ0n) is 12.3. The molecule has 1 aromatic rings. The fourth-order valence-electron chi connectivity index (χ4n) is 2.68. The van der Waals surface area contributed by atoms with Crippen molar-refractivity contribution in [2.45, 2.75) is 39.7 Å². The van der Waals surface area contributed by atoms with Crippen molar-refractivity contribution >= 4 is 5.91 Å². The van der Waals surface area contributed by atoms with Crippen LogP contribution in [0.15, 0.2) is 6.20 Å². The summed E-state index contributed by atoms with van der Waals surface area (Å²) in [5.41, 5.74) is 7.22. The second-order valence-electron chi connectivity index (χ2n) is 6.37. The molecule has 1 aliphatic heterocycles. The average molecular weight is 264 g/mol. The highest BCUT2D eigenvalue weighted by Gasteiger charge is 2.29. The van der Waals surface area contributed by atoms with E-state index >= 15 is 0 Å². The number of aromatic nitrogens is 2. The molecule has 106 valence electrons. The largest absolute Gasteiger partial charge is 0.338 e. The molecule has 0 aromatic carbocycles. The van der Waals surface area contributed by atoms with Gasteiger partial charge in [0, 0.05) is 18.8 Å². The van der Waals surface area contributed by atoms with Gasteiger partial charge in [0.2, 0.25) is 0 Å². The number of likely N-dealkylation sites (tertiary alicyclic amines) is 1. The molecule has 1 saturated heterocycles. The van der Waals surface area contributed by atoms with Crippen LogP contribution in [0.2, 0.25) is 0 Å². The molecule has 5 heteroatoms. The highest BCUT2D eigenvalue weighted by atomic mass is 16.2. The summed E-state index contributed by atoms with van der Waals surface area (Å²) < 4.78 is 1.91. The number of hydrogen-bond acceptors (Lipinski definition) is 3. The fourth-order valence-corrected chi connectivity index (χ4v) is 2.68. The molecule has 19 heavy (non-hydrogen) atoms. The number of amides is 1. The lowest BCUT2D eigenvalue weighted by Gasteiger charge is -2.22. The normalized spacial score (nSPS) is 20.1. The third kappa shape index (κ3) is 2.66. The predicted molar refractivity (Wildman–Crippen MR) is 75.0 cm³/mol. The maximum atomic E-state index is 12.5. The monoisotopic (exact) mass is 264 g/mol. The van der Waals surface area contributed by atoms with Crippen LogP contribution in [0.5, 0.6) is 0 Å². The van der Waals surface area contributed by atoms with E-state index < -0.39 is 0 Å².